The average molecular weight is 379 g/mol. The second kappa shape index (κ2) is 10.5. The first kappa shape index (κ1) is 22.5. The van der Waals surface area contributed by atoms with Crippen molar-refractivity contribution in [2.45, 2.75) is 46.1 Å². The van der Waals surface area contributed by atoms with Crippen LogP contribution in [0.3, 0.4) is 0 Å². The number of ether oxygens (including phenoxy) is 3. The van der Waals surface area contributed by atoms with E-state index in [0.29, 0.717) is 5.56 Å². The van der Waals surface area contributed by atoms with Crippen molar-refractivity contribution in [3.63, 3.8) is 0 Å². The molecule has 0 fully saturated rings. The zero-order valence-corrected chi connectivity index (χ0v) is 16.6. The summed E-state index contributed by atoms with van der Waals surface area (Å²) in [5.74, 6) is -3.22. The molecule has 0 heterocycles. The molecule has 0 radical (unpaired) electrons. The number of hydrogen-bond acceptors (Lipinski definition) is 6. The smallest absolute Gasteiger partial charge is 0.407 e. The van der Waals surface area contributed by atoms with Crippen LogP contribution in [0.25, 0.3) is 0 Å². The molecule has 0 aliphatic rings. The van der Waals surface area contributed by atoms with Gasteiger partial charge in [0.25, 0.3) is 0 Å². The minimum atomic E-state index is -1.19. The fraction of sp³-hybridized carbons (Fsp3) is 0.550. The summed E-state index contributed by atoms with van der Waals surface area (Å²) in [6.07, 6.45) is -0.630. The van der Waals surface area contributed by atoms with Gasteiger partial charge in [-0.15, -0.1) is 0 Å². The van der Waals surface area contributed by atoms with E-state index in [0.717, 1.165) is 0 Å². The standard InChI is InChI=1S/C20H29NO6/c1-6-25-17(22)16(18(23)26-7-2)15(14-11-9-8-10-12-14)13-21-19(24)27-20(3,4)5/h8-12,15-16H,6-7,13H2,1-5H3,(H,21,24). The maximum atomic E-state index is 12.5. The quantitative estimate of drug-likeness (QED) is 0.424. The number of benzene rings is 1. The monoisotopic (exact) mass is 379 g/mol. The van der Waals surface area contributed by atoms with Crippen LogP contribution in [0.5, 0.6) is 0 Å². The van der Waals surface area contributed by atoms with Crippen molar-refractivity contribution < 1.29 is 28.6 Å². The number of amides is 1. The van der Waals surface area contributed by atoms with Gasteiger partial charge in [0.2, 0.25) is 0 Å². The summed E-state index contributed by atoms with van der Waals surface area (Å²) < 4.78 is 15.4. The SMILES string of the molecule is CCOC(=O)C(C(=O)OCC)C(CNC(=O)OC(C)(C)C)c1ccccc1. The third-order valence-electron chi connectivity index (χ3n) is 3.58. The fourth-order valence-electron chi connectivity index (χ4n) is 2.52. The molecule has 1 atom stereocenters. The Labute approximate surface area is 160 Å². The van der Waals surface area contributed by atoms with Gasteiger partial charge in [-0.2, -0.15) is 0 Å². The Balaban J connectivity index is 3.11. The van der Waals surface area contributed by atoms with Gasteiger partial charge >= 0.3 is 18.0 Å². The highest BCUT2D eigenvalue weighted by Crippen LogP contribution is 2.27. The van der Waals surface area contributed by atoms with E-state index in [1.54, 1.807) is 58.9 Å². The van der Waals surface area contributed by atoms with Gasteiger partial charge in [-0.05, 0) is 40.2 Å². The van der Waals surface area contributed by atoms with E-state index in [2.05, 4.69) is 5.32 Å². The van der Waals surface area contributed by atoms with E-state index in [1.807, 2.05) is 6.07 Å². The maximum absolute atomic E-state index is 12.5. The van der Waals surface area contributed by atoms with Crippen molar-refractivity contribution in [1.29, 1.82) is 0 Å². The molecule has 150 valence electrons. The van der Waals surface area contributed by atoms with Gasteiger partial charge in [0.15, 0.2) is 5.92 Å². The molecular weight excluding hydrogens is 350 g/mol. The van der Waals surface area contributed by atoms with Crippen LogP contribution < -0.4 is 5.32 Å². The van der Waals surface area contributed by atoms with E-state index < -0.39 is 35.5 Å². The average Bonchev–Trinajstić information content (AvgIpc) is 2.58. The number of alkyl carbamates (subject to hydrolysis) is 1. The van der Waals surface area contributed by atoms with E-state index in [1.165, 1.54) is 0 Å². The molecule has 7 heteroatoms. The molecule has 1 rings (SSSR count). The predicted octanol–water partition coefficient (Wildman–Crippen LogP) is 3.04. The first-order chi connectivity index (χ1) is 12.7. The van der Waals surface area contributed by atoms with Crippen LogP contribution in [0.4, 0.5) is 4.79 Å². The van der Waals surface area contributed by atoms with Gasteiger partial charge in [0.1, 0.15) is 5.60 Å². The Morgan fingerprint density at radius 2 is 1.48 bits per heavy atom. The van der Waals surface area contributed by atoms with E-state index in [-0.39, 0.29) is 19.8 Å². The summed E-state index contributed by atoms with van der Waals surface area (Å²) >= 11 is 0. The molecule has 27 heavy (non-hydrogen) atoms. The van der Waals surface area contributed by atoms with E-state index >= 15 is 0 Å². The minimum absolute atomic E-state index is 0.0151. The van der Waals surface area contributed by atoms with Crippen molar-refractivity contribution in [2.24, 2.45) is 5.92 Å². The summed E-state index contributed by atoms with van der Waals surface area (Å²) in [6, 6.07) is 8.98. The van der Waals surface area contributed by atoms with Gasteiger partial charge in [-0.3, -0.25) is 9.59 Å². The Bertz CT molecular complexity index is 605. The van der Waals surface area contributed by atoms with Crippen molar-refractivity contribution >= 4 is 18.0 Å². The van der Waals surface area contributed by atoms with E-state index in [9.17, 15) is 14.4 Å². The van der Waals surface area contributed by atoms with Gasteiger partial charge < -0.3 is 19.5 Å². The summed E-state index contributed by atoms with van der Waals surface area (Å²) in [5.41, 5.74) is 0.0493. The molecule has 0 bridgehead atoms. The number of rotatable bonds is 8. The molecule has 0 aromatic heterocycles. The second-order valence-electron chi connectivity index (χ2n) is 6.88. The topological polar surface area (TPSA) is 90.9 Å². The van der Waals surface area contributed by atoms with Crippen LogP contribution >= 0.6 is 0 Å². The molecule has 1 aromatic rings. The first-order valence-electron chi connectivity index (χ1n) is 9.04. The zero-order chi connectivity index (χ0) is 20.4. The predicted molar refractivity (Wildman–Crippen MR) is 100 cm³/mol. The lowest BCUT2D eigenvalue weighted by atomic mass is 9.85. The van der Waals surface area contributed by atoms with Gasteiger partial charge in [0, 0.05) is 12.5 Å². The molecule has 0 spiro atoms. The lowest BCUT2D eigenvalue weighted by Crippen LogP contribution is -2.41. The van der Waals surface area contributed by atoms with Crippen LogP contribution in [0, 0.1) is 5.92 Å². The maximum Gasteiger partial charge on any atom is 0.407 e. The number of nitrogens with one attached hydrogen (secondary N) is 1. The van der Waals surface area contributed by atoms with Crippen molar-refractivity contribution in [1.82, 2.24) is 5.32 Å². The summed E-state index contributed by atoms with van der Waals surface area (Å²) in [6.45, 7) is 8.86. The normalized spacial score (nSPS) is 12.2. The Morgan fingerprint density at radius 1 is 0.963 bits per heavy atom. The highest BCUT2D eigenvalue weighted by Gasteiger charge is 2.38. The summed E-state index contributed by atoms with van der Waals surface area (Å²) in [4.78, 5) is 37.0. The molecule has 0 aliphatic heterocycles. The number of hydrogen-bond donors (Lipinski definition) is 1. The Kier molecular flexibility index (Phi) is 8.78. The van der Waals surface area contributed by atoms with Crippen LogP contribution in [0.2, 0.25) is 0 Å². The first-order valence-corrected chi connectivity index (χ1v) is 9.04. The molecule has 7 nitrogen and oxygen atoms in total. The summed E-state index contributed by atoms with van der Waals surface area (Å²) in [7, 11) is 0. The van der Waals surface area contributed by atoms with Gasteiger partial charge in [-0.25, -0.2) is 4.79 Å². The number of carbonyl (C=O) groups is 3. The van der Waals surface area contributed by atoms with Gasteiger partial charge in [-0.1, -0.05) is 30.3 Å². The second-order valence-corrected chi connectivity index (χ2v) is 6.88. The van der Waals surface area contributed by atoms with Crippen LogP contribution in [-0.4, -0.2) is 43.4 Å². The van der Waals surface area contributed by atoms with Crippen molar-refractivity contribution in [3.8, 4) is 0 Å². The lowest BCUT2D eigenvalue weighted by molar-refractivity contribution is -0.162. The molecule has 1 amide bonds. The Hall–Kier alpha value is -2.57. The lowest BCUT2D eigenvalue weighted by Gasteiger charge is -2.26. The molecule has 0 saturated heterocycles. The molecule has 1 aromatic carbocycles. The van der Waals surface area contributed by atoms with E-state index in [4.69, 9.17) is 14.2 Å². The summed E-state index contributed by atoms with van der Waals surface area (Å²) in [5, 5.41) is 2.64. The zero-order valence-electron chi connectivity index (χ0n) is 16.6. The third kappa shape index (κ3) is 7.68. The van der Waals surface area contributed by atoms with Crippen LogP contribution in [-0.2, 0) is 23.8 Å². The number of carbonyl (C=O) groups excluding carboxylic acids is 3. The van der Waals surface area contributed by atoms with Crippen LogP contribution in [0.1, 0.15) is 46.1 Å². The highest BCUT2D eigenvalue weighted by molar-refractivity contribution is 5.96. The molecule has 1 unspecified atom stereocenters. The van der Waals surface area contributed by atoms with Crippen molar-refractivity contribution in [3.05, 3.63) is 35.9 Å². The largest absolute Gasteiger partial charge is 0.465 e. The molecule has 0 aliphatic carbocycles. The highest BCUT2D eigenvalue weighted by atomic mass is 16.6. The van der Waals surface area contributed by atoms with Crippen molar-refractivity contribution in [2.75, 3.05) is 19.8 Å². The minimum Gasteiger partial charge on any atom is -0.465 e. The van der Waals surface area contributed by atoms with Gasteiger partial charge in [0.05, 0.1) is 13.2 Å². The fourth-order valence-corrected chi connectivity index (χ4v) is 2.52. The molecular formula is C20H29NO6. The Morgan fingerprint density at radius 3 is 1.93 bits per heavy atom. The molecule has 1 N–H and O–H groups in total. The number of esters is 2. The molecule has 0 saturated carbocycles. The van der Waals surface area contributed by atoms with Crippen LogP contribution in [0.15, 0.2) is 30.3 Å². The third-order valence-corrected chi connectivity index (χ3v) is 3.58.